The summed E-state index contributed by atoms with van der Waals surface area (Å²) >= 11 is 0. The number of nitrogens with zero attached hydrogens (tertiary/aromatic N) is 3. The summed E-state index contributed by atoms with van der Waals surface area (Å²) in [4.78, 5) is 4.83. The lowest BCUT2D eigenvalue weighted by molar-refractivity contribution is -0.0819. The van der Waals surface area contributed by atoms with Gasteiger partial charge < -0.3 is 32.8 Å². The maximum atomic E-state index is 11.4. The van der Waals surface area contributed by atoms with Crippen LogP contribution in [0.25, 0.3) is 0 Å². The van der Waals surface area contributed by atoms with Crippen LogP contribution in [0.1, 0.15) is 66.2 Å². The van der Waals surface area contributed by atoms with Crippen molar-refractivity contribution in [1.82, 2.24) is 9.80 Å². The third-order valence-corrected chi connectivity index (χ3v) is 17.8. The number of likely N-dealkylation sites (N-methyl/N-ethyl adjacent to an activating group) is 1. The zero-order chi connectivity index (χ0) is 40.9. The van der Waals surface area contributed by atoms with Crippen molar-refractivity contribution >= 4 is 18.7 Å². The molecule has 0 aromatic heterocycles. The van der Waals surface area contributed by atoms with Crippen LogP contribution in [-0.2, 0) is 22.0 Å². The van der Waals surface area contributed by atoms with E-state index in [1.54, 1.807) is 20.3 Å². The second-order valence-corrected chi connectivity index (χ2v) is 21.2. The minimum absolute atomic E-state index is 0.0707. The number of ether oxygens (including phenoxy) is 6. The molecular weight excluding hydrogens is 747 g/mol. The van der Waals surface area contributed by atoms with E-state index < -0.39 is 20.4 Å². The van der Waals surface area contributed by atoms with Gasteiger partial charge in [0.1, 0.15) is 18.4 Å². The van der Waals surface area contributed by atoms with Crippen LogP contribution in [0.3, 0.4) is 0 Å². The first-order valence-electron chi connectivity index (χ1n) is 20.2. The summed E-state index contributed by atoms with van der Waals surface area (Å²) in [6.45, 7) is 15.7. The quantitative estimate of drug-likeness (QED) is 0.0853. The van der Waals surface area contributed by atoms with Gasteiger partial charge in [0.25, 0.3) is 8.32 Å². The molecule has 11 heteroatoms. The molecule has 4 aliphatic heterocycles. The van der Waals surface area contributed by atoms with Crippen molar-refractivity contribution in [3.05, 3.63) is 113 Å². The molecule has 4 aromatic rings. The molecule has 0 saturated carbocycles. The zero-order valence-corrected chi connectivity index (χ0v) is 36.0. The highest BCUT2D eigenvalue weighted by molar-refractivity contribution is 6.99. The molecule has 1 fully saturated rings. The molecule has 8 rings (SSSR count). The van der Waals surface area contributed by atoms with Gasteiger partial charge in [0.2, 0.25) is 6.79 Å². The van der Waals surface area contributed by atoms with Crippen LogP contribution in [0.15, 0.2) is 79.4 Å². The summed E-state index contributed by atoms with van der Waals surface area (Å²) in [6, 6.07) is 25.1. The van der Waals surface area contributed by atoms with E-state index in [0.717, 1.165) is 39.1 Å². The summed E-state index contributed by atoms with van der Waals surface area (Å²) < 4.78 is 45.1. The van der Waals surface area contributed by atoms with Crippen LogP contribution in [0.4, 0.5) is 0 Å². The molecule has 1 unspecified atom stereocenters. The first-order chi connectivity index (χ1) is 28.0. The van der Waals surface area contributed by atoms with Crippen LogP contribution in [-0.4, -0.2) is 84.3 Å². The van der Waals surface area contributed by atoms with E-state index in [9.17, 15) is 5.26 Å². The highest BCUT2D eigenvalue weighted by Gasteiger charge is 2.58. The average Bonchev–Trinajstić information content (AvgIpc) is 3.71. The van der Waals surface area contributed by atoms with Crippen molar-refractivity contribution in [2.24, 2.45) is 0 Å². The molecule has 10 nitrogen and oxygen atoms in total. The van der Waals surface area contributed by atoms with E-state index in [-0.39, 0.29) is 36.7 Å². The fourth-order valence-electron chi connectivity index (χ4n) is 10.5. The Bertz CT molecular complexity index is 2180. The minimum Gasteiger partial charge on any atom is -0.493 e. The lowest BCUT2D eigenvalue weighted by Crippen LogP contribution is -2.70. The second-order valence-electron chi connectivity index (χ2n) is 16.9. The summed E-state index contributed by atoms with van der Waals surface area (Å²) in [6.07, 6.45) is 3.01. The Morgan fingerprint density at radius 3 is 2.17 bits per heavy atom. The fourth-order valence-corrected chi connectivity index (χ4v) is 15.1. The first kappa shape index (κ1) is 40.0. The third-order valence-electron chi connectivity index (χ3n) is 12.8. The summed E-state index contributed by atoms with van der Waals surface area (Å²) in [5.74, 6) is 3.52. The van der Waals surface area contributed by atoms with E-state index in [1.807, 2.05) is 13.8 Å². The van der Waals surface area contributed by atoms with Gasteiger partial charge in [0.15, 0.2) is 29.8 Å². The van der Waals surface area contributed by atoms with Gasteiger partial charge in [-0.15, -0.1) is 0 Å². The fraction of sp³-hybridized carbons (Fsp3) is 0.426. The Hall–Kier alpha value is -4.83. The summed E-state index contributed by atoms with van der Waals surface area (Å²) in [5.41, 5.74) is 6.09. The molecule has 0 spiro atoms. The monoisotopic (exact) mass is 801 g/mol. The van der Waals surface area contributed by atoms with E-state index in [0.29, 0.717) is 49.1 Å². The number of hydrogen-bond acceptors (Lipinski definition) is 10. The number of methoxy groups -OCH3 is 2. The minimum atomic E-state index is -3.04. The molecule has 4 aromatic carbocycles. The molecule has 58 heavy (non-hydrogen) atoms. The second kappa shape index (κ2) is 15.7. The van der Waals surface area contributed by atoms with E-state index in [2.05, 4.69) is 117 Å². The van der Waals surface area contributed by atoms with Crippen molar-refractivity contribution in [3.8, 4) is 34.8 Å². The molecule has 0 amide bonds. The Kier molecular flexibility index (Phi) is 10.8. The molecule has 0 N–H and O–H groups in total. The maximum absolute atomic E-state index is 11.4. The lowest BCUT2D eigenvalue weighted by Gasteiger charge is -2.60. The summed E-state index contributed by atoms with van der Waals surface area (Å²) in [5, 5.41) is 13.5. The Morgan fingerprint density at radius 2 is 1.57 bits per heavy atom. The van der Waals surface area contributed by atoms with E-state index in [4.69, 9.17) is 32.8 Å². The normalized spacial score (nSPS) is 22.3. The van der Waals surface area contributed by atoms with Gasteiger partial charge in [0, 0.05) is 41.4 Å². The Labute approximate surface area is 343 Å². The third kappa shape index (κ3) is 6.20. The average molecular weight is 802 g/mol. The van der Waals surface area contributed by atoms with Gasteiger partial charge in [-0.1, -0.05) is 100 Å². The van der Waals surface area contributed by atoms with Crippen LogP contribution >= 0.6 is 0 Å². The van der Waals surface area contributed by atoms with Gasteiger partial charge in [0.05, 0.1) is 31.9 Å². The molecule has 304 valence electrons. The van der Waals surface area contributed by atoms with Crippen molar-refractivity contribution in [2.45, 2.75) is 82.7 Å². The molecule has 5 atom stereocenters. The van der Waals surface area contributed by atoms with Crippen molar-refractivity contribution in [2.75, 3.05) is 48.1 Å². The number of fused-ring (bicyclic) bond motifs is 9. The van der Waals surface area contributed by atoms with E-state index in [1.165, 1.54) is 10.4 Å². The van der Waals surface area contributed by atoms with Gasteiger partial charge >= 0.3 is 0 Å². The number of hydrogen-bond donors (Lipinski definition) is 0. The first-order valence-corrected chi connectivity index (χ1v) is 22.1. The molecule has 4 aliphatic rings. The topological polar surface area (TPSA) is 94.9 Å². The Balaban J connectivity index is 1.38. The largest absolute Gasteiger partial charge is 0.493 e. The lowest BCUT2D eigenvalue weighted by atomic mass is 9.71. The van der Waals surface area contributed by atoms with Crippen molar-refractivity contribution < 1.29 is 32.8 Å². The predicted octanol–water partition coefficient (Wildman–Crippen LogP) is 6.94. The standard InChI is InChI=1S/C47H55N3O7Si/c1-10-21-53-43-30(3)44-46(56-28-55-44)40-34(43)24-36-41-39-31(22-29(2)42(52-9)45(39)54-27-51-8)23-35(49(41)7)37(25-48)50(36)38(40)26-57-58(47(4,5)6,32-17-13-11-14-18-32)33-19-15-12-16-20-33/h10-20,22,35-38,41H,1,21,23-24,26-28H2,2-9H3/t35-,36?,37-,38-,41-/m0/s1. The van der Waals surface area contributed by atoms with E-state index >= 15 is 0 Å². The SMILES string of the molecule is C=CCOc1c(C)c2c(c3c1CC1[C@H]4c5c(cc(C)c(OC)c5OCOC)C[C@@H]([C@H](C#N)N1[C@H]3CO[Si](c1ccccc1)(c1ccccc1)C(C)(C)C)N4C)OCO2. The van der Waals surface area contributed by atoms with Gasteiger partial charge in [-0.05, 0) is 60.3 Å². The highest BCUT2D eigenvalue weighted by Crippen LogP contribution is 2.59. The molecule has 0 radical (unpaired) electrons. The van der Waals surface area contributed by atoms with Crippen LogP contribution in [0.5, 0.6) is 28.7 Å². The number of aryl methyl sites for hydroxylation is 1. The van der Waals surface area contributed by atoms with Gasteiger partial charge in [-0.2, -0.15) is 5.26 Å². The van der Waals surface area contributed by atoms with Crippen LogP contribution < -0.4 is 34.1 Å². The van der Waals surface area contributed by atoms with Crippen LogP contribution in [0.2, 0.25) is 5.04 Å². The molecule has 2 bridgehead atoms. The Morgan fingerprint density at radius 1 is 0.897 bits per heavy atom. The zero-order valence-electron chi connectivity index (χ0n) is 35.0. The van der Waals surface area contributed by atoms with Crippen molar-refractivity contribution in [1.29, 1.82) is 5.26 Å². The number of rotatable bonds is 12. The van der Waals surface area contributed by atoms with Gasteiger partial charge in [-0.25, -0.2) is 0 Å². The van der Waals surface area contributed by atoms with Crippen LogP contribution in [0, 0.1) is 25.2 Å². The molecular formula is C47H55N3O7Si. The molecule has 4 heterocycles. The number of piperazine rings is 1. The molecule has 1 saturated heterocycles. The predicted molar refractivity (Wildman–Crippen MR) is 226 cm³/mol. The van der Waals surface area contributed by atoms with Crippen molar-refractivity contribution in [3.63, 3.8) is 0 Å². The maximum Gasteiger partial charge on any atom is 0.261 e. The molecule has 0 aliphatic carbocycles. The number of nitriles is 1. The highest BCUT2D eigenvalue weighted by atomic mass is 28.4. The number of benzene rings is 4. The smallest absolute Gasteiger partial charge is 0.261 e. The van der Waals surface area contributed by atoms with Gasteiger partial charge in [-0.3, -0.25) is 9.80 Å². The summed E-state index contributed by atoms with van der Waals surface area (Å²) in [7, 11) is 2.42.